The predicted molar refractivity (Wildman–Crippen MR) is 98.7 cm³/mol. The molecule has 12 heteroatoms. The number of alkyl halides is 3. The molecule has 1 aliphatic heterocycles. The number of phenolic OH excluding ortho intramolecular Hbond substituents is 1. The summed E-state index contributed by atoms with van der Waals surface area (Å²) in [5.74, 6) is -2.45. The van der Waals surface area contributed by atoms with Crippen molar-refractivity contribution in [2.75, 3.05) is 18.0 Å². The van der Waals surface area contributed by atoms with E-state index in [1.807, 2.05) is 0 Å². The first-order chi connectivity index (χ1) is 13.9. The van der Waals surface area contributed by atoms with Gasteiger partial charge in [-0.1, -0.05) is 12.8 Å². The van der Waals surface area contributed by atoms with Gasteiger partial charge in [0, 0.05) is 7.11 Å². The maximum absolute atomic E-state index is 15.2. The molecule has 1 heterocycles. The minimum atomic E-state index is -4.45. The van der Waals surface area contributed by atoms with Gasteiger partial charge in [0.15, 0.2) is 11.9 Å². The van der Waals surface area contributed by atoms with Crippen LogP contribution in [0, 0.1) is 11.7 Å². The van der Waals surface area contributed by atoms with Gasteiger partial charge >= 0.3 is 16.4 Å². The molecule has 0 radical (unpaired) electrons. The van der Waals surface area contributed by atoms with Gasteiger partial charge in [0.2, 0.25) is 0 Å². The number of methoxy groups -OCH3 is 1. The second kappa shape index (κ2) is 8.22. The molecule has 2 aliphatic rings. The predicted octanol–water partition coefficient (Wildman–Crippen LogP) is 2.56. The highest BCUT2D eigenvalue weighted by atomic mass is 32.2. The third kappa shape index (κ3) is 4.48. The molecule has 1 aliphatic carbocycles. The Morgan fingerprint density at radius 3 is 2.67 bits per heavy atom. The third-order valence-electron chi connectivity index (χ3n) is 5.53. The molecule has 1 aromatic carbocycles. The number of ether oxygens (including phenoxy) is 1. The van der Waals surface area contributed by atoms with E-state index in [2.05, 4.69) is 4.74 Å². The van der Waals surface area contributed by atoms with Crippen molar-refractivity contribution in [3.05, 3.63) is 23.0 Å². The van der Waals surface area contributed by atoms with Gasteiger partial charge in [-0.25, -0.2) is 13.4 Å². The number of fused-ring (bicyclic) bond motifs is 1. The second-order valence-corrected chi connectivity index (χ2v) is 9.13. The number of amides is 1. The van der Waals surface area contributed by atoms with Crippen LogP contribution < -0.4 is 9.03 Å². The van der Waals surface area contributed by atoms with Crippen LogP contribution in [0.15, 0.2) is 6.07 Å². The summed E-state index contributed by atoms with van der Waals surface area (Å²) < 4.78 is 84.3. The zero-order chi connectivity index (χ0) is 22.3. The molecule has 2 unspecified atom stereocenters. The van der Waals surface area contributed by atoms with Crippen molar-refractivity contribution in [2.24, 2.45) is 5.92 Å². The normalized spacial score (nSPS) is 22.0. The number of nitrogens with one attached hydrogen (secondary N) is 1. The van der Waals surface area contributed by atoms with E-state index in [-0.39, 0.29) is 30.7 Å². The quantitative estimate of drug-likeness (QED) is 0.645. The number of nitrogens with zero attached hydrogens (tertiary/aromatic N) is 1. The van der Waals surface area contributed by atoms with Crippen molar-refractivity contribution in [2.45, 2.75) is 50.8 Å². The van der Waals surface area contributed by atoms with E-state index in [4.69, 9.17) is 0 Å². The maximum Gasteiger partial charge on any atom is 0.414 e. The molecule has 0 spiro atoms. The van der Waals surface area contributed by atoms with E-state index in [1.54, 1.807) is 4.72 Å². The average Bonchev–Trinajstić information content (AvgIpc) is 2.90. The van der Waals surface area contributed by atoms with Gasteiger partial charge < -0.3 is 9.84 Å². The van der Waals surface area contributed by atoms with Crippen molar-refractivity contribution in [1.29, 1.82) is 0 Å². The van der Waals surface area contributed by atoms with Crippen LogP contribution in [0.2, 0.25) is 0 Å². The molecular formula is C18H22F4N2O5S. The summed E-state index contributed by atoms with van der Waals surface area (Å²) in [6.07, 6.45) is -4.62. The summed E-state index contributed by atoms with van der Waals surface area (Å²) in [5, 5.41) is 10.2. The molecule has 1 saturated heterocycles. The summed E-state index contributed by atoms with van der Waals surface area (Å²) in [5.41, 5.74) is 0.142. The number of phenols is 1. The summed E-state index contributed by atoms with van der Waals surface area (Å²) >= 11 is 0. The smallest absolute Gasteiger partial charge is 0.414 e. The van der Waals surface area contributed by atoms with Crippen molar-refractivity contribution >= 4 is 21.8 Å². The van der Waals surface area contributed by atoms with Crippen molar-refractivity contribution in [3.63, 3.8) is 0 Å². The Balaban J connectivity index is 1.76. The number of anilines is 1. The monoisotopic (exact) mass is 454 g/mol. The second-order valence-electron chi connectivity index (χ2n) is 7.54. The number of hydrogen-bond acceptors (Lipinski definition) is 5. The first kappa shape index (κ1) is 22.6. The maximum atomic E-state index is 15.2. The largest absolute Gasteiger partial charge is 0.506 e. The molecule has 0 aromatic heterocycles. The lowest BCUT2D eigenvalue weighted by Crippen LogP contribution is -2.31. The van der Waals surface area contributed by atoms with Crippen LogP contribution in [0.1, 0.15) is 36.8 Å². The molecule has 168 valence electrons. The number of halogens is 4. The number of hydrogen-bond donors (Lipinski definition) is 2. The number of carbonyl (C=O) groups is 1. The topological polar surface area (TPSA) is 95.9 Å². The fourth-order valence-corrected chi connectivity index (χ4v) is 5.21. The van der Waals surface area contributed by atoms with Gasteiger partial charge in [0.05, 0.1) is 0 Å². The molecule has 2 atom stereocenters. The number of benzene rings is 1. The van der Waals surface area contributed by atoms with E-state index in [0.717, 1.165) is 7.11 Å². The van der Waals surface area contributed by atoms with Crippen LogP contribution in [0.25, 0.3) is 0 Å². The van der Waals surface area contributed by atoms with Gasteiger partial charge in [0.1, 0.15) is 18.0 Å². The Bertz CT molecular complexity index is 935. The van der Waals surface area contributed by atoms with Crippen LogP contribution in [0.5, 0.6) is 5.75 Å². The Morgan fingerprint density at radius 2 is 2.10 bits per heavy atom. The van der Waals surface area contributed by atoms with Crippen LogP contribution in [-0.4, -0.2) is 45.4 Å². The van der Waals surface area contributed by atoms with Gasteiger partial charge in [-0.15, -0.1) is 0 Å². The molecule has 3 rings (SSSR count). The van der Waals surface area contributed by atoms with Gasteiger partial charge in [-0.05, 0) is 48.8 Å². The molecule has 2 N–H and O–H groups in total. The van der Waals surface area contributed by atoms with E-state index in [0.29, 0.717) is 29.1 Å². The fraction of sp³-hybridized carbons (Fsp3) is 0.611. The van der Waals surface area contributed by atoms with Crippen molar-refractivity contribution in [1.82, 2.24) is 4.72 Å². The zero-order valence-corrected chi connectivity index (χ0v) is 16.9. The molecule has 0 bridgehead atoms. The van der Waals surface area contributed by atoms with E-state index >= 15 is 4.39 Å². The van der Waals surface area contributed by atoms with Gasteiger partial charge in [-0.3, -0.25) is 4.79 Å². The molecule has 30 heavy (non-hydrogen) atoms. The first-order valence-electron chi connectivity index (χ1n) is 9.40. The minimum Gasteiger partial charge on any atom is -0.506 e. The lowest BCUT2D eigenvalue weighted by molar-refractivity contribution is -0.214. The van der Waals surface area contributed by atoms with Crippen LogP contribution in [0.3, 0.4) is 0 Å². The van der Waals surface area contributed by atoms with E-state index in [9.17, 15) is 31.5 Å². The van der Waals surface area contributed by atoms with E-state index in [1.165, 1.54) is 6.07 Å². The summed E-state index contributed by atoms with van der Waals surface area (Å²) in [4.78, 5) is 11.4. The SMILES string of the molecule is COC(CCCC1CCc2cc(O)c(N3CC(=O)NS3(=O)=O)c(F)c2C1)C(F)(F)F. The van der Waals surface area contributed by atoms with E-state index < -0.39 is 52.2 Å². The molecule has 0 saturated carbocycles. The average molecular weight is 454 g/mol. The number of aromatic hydroxyl groups is 1. The Kier molecular flexibility index (Phi) is 6.19. The molecular weight excluding hydrogens is 432 g/mol. The van der Waals surface area contributed by atoms with Crippen LogP contribution >= 0.6 is 0 Å². The lowest BCUT2D eigenvalue weighted by Gasteiger charge is -2.28. The number of aryl methyl sites for hydroxylation is 1. The molecule has 1 amide bonds. The highest BCUT2D eigenvalue weighted by Crippen LogP contribution is 2.41. The number of rotatable bonds is 6. The standard InChI is InChI=1S/C18H22F4N2O5S/c1-29-14(18(20,21)22)4-2-3-10-5-6-11-8-13(25)17(16(19)12(11)7-10)24-9-15(26)23-30(24,27)28/h8,10,14,25H,2-7,9H2,1H3,(H,23,26). The van der Waals surface area contributed by atoms with Gasteiger partial charge in [0.25, 0.3) is 5.91 Å². The van der Waals surface area contributed by atoms with Gasteiger partial charge in [-0.2, -0.15) is 21.6 Å². The van der Waals surface area contributed by atoms with Crippen molar-refractivity contribution in [3.8, 4) is 5.75 Å². The fourth-order valence-electron chi connectivity index (χ4n) is 4.05. The van der Waals surface area contributed by atoms with Crippen LogP contribution in [0.4, 0.5) is 23.2 Å². The molecule has 7 nitrogen and oxygen atoms in total. The molecule has 1 aromatic rings. The highest BCUT2D eigenvalue weighted by Gasteiger charge is 2.40. The zero-order valence-electron chi connectivity index (χ0n) is 16.1. The Labute approximate surface area is 171 Å². The Hall–Kier alpha value is -2.08. The summed E-state index contributed by atoms with van der Waals surface area (Å²) in [6, 6.07) is 1.28. The first-order valence-corrected chi connectivity index (χ1v) is 10.8. The minimum absolute atomic E-state index is 0.0925. The lowest BCUT2D eigenvalue weighted by atomic mass is 9.80. The summed E-state index contributed by atoms with van der Waals surface area (Å²) in [6.45, 7) is -0.648. The van der Waals surface area contributed by atoms with Crippen LogP contribution in [-0.2, 0) is 32.6 Å². The number of carbonyl (C=O) groups excluding carboxylic acids is 1. The Morgan fingerprint density at radius 1 is 1.40 bits per heavy atom. The highest BCUT2D eigenvalue weighted by molar-refractivity contribution is 7.92. The molecule has 1 fully saturated rings. The third-order valence-corrected chi connectivity index (χ3v) is 6.90. The van der Waals surface area contributed by atoms with Crippen molar-refractivity contribution < 1.29 is 40.6 Å². The summed E-state index contributed by atoms with van der Waals surface area (Å²) in [7, 11) is -3.30.